The van der Waals surface area contributed by atoms with Gasteiger partial charge in [-0.15, -0.1) is 0 Å². The Kier molecular flexibility index (Phi) is 4.79. The van der Waals surface area contributed by atoms with Crippen molar-refractivity contribution in [2.75, 3.05) is 5.32 Å². The van der Waals surface area contributed by atoms with Crippen LogP contribution >= 0.6 is 0 Å². The first kappa shape index (κ1) is 19.1. The molecule has 7 nitrogen and oxygen atoms in total. The van der Waals surface area contributed by atoms with E-state index < -0.39 is 28.6 Å². The predicted molar refractivity (Wildman–Crippen MR) is 89.9 cm³/mol. The summed E-state index contributed by atoms with van der Waals surface area (Å²) in [6, 6.07) is 5.97. The summed E-state index contributed by atoms with van der Waals surface area (Å²) in [4.78, 5) is 16.2. The van der Waals surface area contributed by atoms with Crippen molar-refractivity contribution in [3.05, 3.63) is 42.0 Å². The average Bonchev–Trinajstić information content (AvgIpc) is 3.29. The first-order valence-electron chi connectivity index (χ1n) is 7.75. The van der Waals surface area contributed by atoms with E-state index in [1.54, 1.807) is 0 Å². The molecule has 142 valence electrons. The number of hydrogen-bond donors (Lipinski definition) is 2. The van der Waals surface area contributed by atoms with E-state index >= 15 is 0 Å². The van der Waals surface area contributed by atoms with E-state index in [0.29, 0.717) is 5.69 Å². The number of nitriles is 1. The van der Waals surface area contributed by atoms with Crippen molar-refractivity contribution in [3.63, 3.8) is 0 Å². The highest BCUT2D eigenvalue weighted by Crippen LogP contribution is 2.49. The third-order valence-electron chi connectivity index (χ3n) is 4.14. The van der Waals surface area contributed by atoms with Crippen molar-refractivity contribution in [1.29, 1.82) is 5.26 Å². The number of hydrogen-bond acceptors (Lipinski definition) is 4. The normalized spacial score (nSPS) is 16.4. The van der Waals surface area contributed by atoms with Gasteiger partial charge in [0.15, 0.2) is 0 Å². The monoisotopic (exact) mass is 397 g/mol. The molecule has 1 saturated carbocycles. The Balaban J connectivity index is 1.75. The third-order valence-corrected chi connectivity index (χ3v) is 5.37. The van der Waals surface area contributed by atoms with Crippen LogP contribution in [0.15, 0.2) is 35.5 Å². The molecule has 2 aromatic rings. The largest absolute Gasteiger partial charge is 0.407 e. The minimum absolute atomic E-state index is 0.0608. The number of alkyl halides is 3. The highest BCUT2D eigenvalue weighted by atomic mass is 32.2. The van der Waals surface area contributed by atoms with Gasteiger partial charge < -0.3 is 9.88 Å². The minimum atomic E-state index is -4.49. The van der Waals surface area contributed by atoms with E-state index in [4.69, 9.17) is 5.26 Å². The van der Waals surface area contributed by atoms with Gasteiger partial charge in [-0.05, 0) is 31.0 Å². The van der Waals surface area contributed by atoms with Crippen LogP contribution in [0.1, 0.15) is 29.0 Å². The van der Waals surface area contributed by atoms with E-state index in [1.807, 2.05) is 6.07 Å². The Hall–Kier alpha value is -2.71. The van der Waals surface area contributed by atoms with Gasteiger partial charge >= 0.3 is 6.18 Å². The molecule has 1 aliphatic carbocycles. The second kappa shape index (κ2) is 6.79. The summed E-state index contributed by atoms with van der Waals surface area (Å²) in [5.41, 5.74) is -1.57. The van der Waals surface area contributed by atoms with Gasteiger partial charge in [-0.3, -0.25) is 4.79 Å². The molecule has 1 fully saturated rings. The van der Waals surface area contributed by atoms with Gasteiger partial charge in [0.2, 0.25) is 0 Å². The summed E-state index contributed by atoms with van der Waals surface area (Å²) in [5, 5.41) is 11.4. The van der Waals surface area contributed by atoms with E-state index in [-0.39, 0.29) is 29.1 Å². The molecule has 27 heavy (non-hydrogen) atoms. The summed E-state index contributed by atoms with van der Waals surface area (Å²) in [7, 11) is -0.605. The highest BCUT2D eigenvalue weighted by molar-refractivity contribution is 7.83. The quantitative estimate of drug-likeness (QED) is 0.808. The predicted octanol–water partition coefficient (Wildman–Crippen LogP) is 2.25. The lowest BCUT2D eigenvalue weighted by atomic mass is 10.3. The molecule has 11 heteroatoms. The Morgan fingerprint density at radius 2 is 2.11 bits per heavy atom. The zero-order chi connectivity index (χ0) is 19.8. The summed E-state index contributed by atoms with van der Waals surface area (Å²) < 4.78 is 54.8. The smallest absolute Gasteiger partial charge is 0.345 e. The van der Waals surface area contributed by atoms with Gasteiger partial charge in [0, 0.05) is 25.1 Å². The van der Waals surface area contributed by atoms with Crippen LogP contribution in [0, 0.1) is 11.3 Å². The fourth-order valence-corrected chi connectivity index (χ4v) is 3.70. The number of halogens is 3. The number of amides is 1. The third kappa shape index (κ3) is 3.86. The van der Waals surface area contributed by atoms with Gasteiger partial charge in [0.25, 0.3) is 5.91 Å². The molecular formula is C16H14F3N5O2S. The SMILES string of the molecule is Cn1cc(S(=O)NC2(C(F)(F)F)CC2)cc1C(=O)Nc1ccnc(C#N)c1. The zero-order valence-electron chi connectivity index (χ0n) is 14.0. The van der Waals surface area contributed by atoms with Crippen LogP contribution in [0.3, 0.4) is 0 Å². The molecule has 0 spiro atoms. The molecule has 3 rings (SSSR count). The molecule has 0 saturated heterocycles. The molecule has 2 N–H and O–H groups in total. The van der Waals surface area contributed by atoms with Crippen LogP contribution in [-0.2, 0) is 18.0 Å². The zero-order valence-corrected chi connectivity index (χ0v) is 14.8. The maximum atomic E-state index is 13.0. The van der Waals surface area contributed by atoms with Crippen molar-refractivity contribution >= 4 is 22.6 Å². The molecule has 0 bridgehead atoms. The van der Waals surface area contributed by atoms with Gasteiger partial charge in [-0.1, -0.05) is 0 Å². The highest BCUT2D eigenvalue weighted by Gasteiger charge is 2.64. The minimum Gasteiger partial charge on any atom is -0.345 e. The van der Waals surface area contributed by atoms with E-state index in [9.17, 15) is 22.2 Å². The molecular weight excluding hydrogens is 383 g/mol. The average molecular weight is 397 g/mol. The molecule has 1 atom stereocenters. The van der Waals surface area contributed by atoms with Crippen LogP contribution in [0.2, 0.25) is 0 Å². The Morgan fingerprint density at radius 1 is 1.41 bits per heavy atom. The van der Waals surface area contributed by atoms with Crippen molar-refractivity contribution in [2.24, 2.45) is 7.05 Å². The second-order valence-electron chi connectivity index (χ2n) is 6.12. The molecule has 2 aromatic heterocycles. The topological polar surface area (TPSA) is 99.8 Å². The first-order valence-corrected chi connectivity index (χ1v) is 8.90. The van der Waals surface area contributed by atoms with Crippen LogP contribution < -0.4 is 10.0 Å². The molecule has 1 amide bonds. The summed E-state index contributed by atoms with van der Waals surface area (Å²) in [6.45, 7) is 0. The van der Waals surface area contributed by atoms with Crippen LogP contribution in [0.25, 0.3) is 0 Å². The van der Waals surface area contributed by atoms with Gasteiger partial charge in [-0.2, -0.15) is 18.4 Å². The van der Waals surface area contributed by atoms with Crippen molar-refractivity contribution in [3.8, 4) is 6.07 Å². The van der Waals surface area contributed by atoms with Crippen molar-refractivity contribution in [2.45, 2.75) is 29.5 Å². The number of anilines is 1. The van der Waals surface area contributed by atoms with Gasteiger partial charge in [0.05, 0.1) is 4.90 Å². The summed E-state index contributed by atoms with van der Waals surface area (Å²) in [5.74, 6) is -0.562. The Morgan fingerprint density at radius 3 is 2.70 bits per heavy atom. The Labute approximate surface area is 154 Å². The van der Waals surface area contributed by atoms with Crippen LogP contribution in [-0.4, -0.2) is 31.4 Å². The van der Waals surface area contributed by atoms with E-state index in [0.717, 1.165) is 0 Å². The fourth-order valence-electron chi connectivity index (χ4n) is 2.43. The number of nitrogens with one attached hydrogen (secondary N) is 2. The van der Waals surface area contributed by atoms with Gasteiger partial charge in [0.1, 0.15) is 34.0 Å². The van der Waals surface area contributed by atoms with Crippen molar-refractivity contribution in [1.82, 2.24) is 14.3 Å². The van der Waals surface area contributed by atoms with E-state index in [1.165, 1.54) is 42.2 Å². The molecule has 0 aromatic carbocycles. The number of carbonyl (C=O) groups excluding carboxylic acids is 1. The number of rotatable bonds is 5. The van der Waals surface area contributed by atoms with Crippen molar-refractivity contribution < 1.29 is 22.2 Å². The molecule has 0 aliphatic heterocycles. The number of carbonyl (C=O) groups is 1. The standard InChI is InChI=1S/C16H14F3N5O2S/c1-24-9-12(27(26)23-15(3-4-15)16(17,18)19)7-13(24)14(25)22-10-2-5-21-11(6-10)8-20/h2,5-7,9,23H,3-4H2,1H3,(H,21,22,25). The fraction of sp³-hybridized carbons (Fsp3) is 0.312. The van der Waals surface area contributed by atoms with E-state index in [2.05, 4.69) is 15.0 Å². The lowest BCUT2D eigenvalue weighted by Gasteiger charge is -2.19. The van der Waals surface area contributed by atoms with Crippen LogP contribution in [0.4, 0.5) is 18.9 Å². The number of aryl methyl sites for hydroxylation is 1. The van der Waals surface area contributed by atoms with Gasteiger partial charge in [-0.25, -0.2) is 13.9 Å². The molecule has 1 unspecified atom stereocenters. The van der Waals surface area contributed by atoms with Crippen LogP contribution in [0.5, 0.6) is 0 Å². The number of pyridine rings is 1. The second-order valence-corrected chi connectivity index (χ2v) is 7.33. The number of nitrogens with zero attached hydrogens (tertiary/aromatic N) is 3. The summed E-state index contributed by atoms with van der Waals surface area (Å²) in [6.07, 6.45) is -2.07. The first-order chi connectivity index (χ1) is 12.6. The maximum absolute atomic E-state index is 13.0. The lowest BCUT2D eigenvalue weighted by Crippen LogP contribution is -2.45. The number of aromatic nitrogens is 2. The molecule has 1 aliphatic rings. The molecule has 0 radical (unpaired) electrons. The summed E-state index contributed by atoms with van der Waals surface area (Å²) >= 11 is 0. The maximum Gasteiger partial charge on any atom is 0.407 e. The Bertz CT molecular complexity index is 960. The lowest BCUT2D eigenvalue weighted by molar-refractivity contribution is -0.160. The molecule has 2 heterocycles.